The van der Waals surface area contributed by atoms with Gasteiger partial charge in [-0.15, -0.1) is 0 Å². The maximum Gasteiger partial charge on any atom is 0.270 e. The maximum absolute atomic E-state index is 12.2. The Bertz CT molecular complexity index is 615. The van der Waals surface area contributed by atoms with Gasteiger partial charge in [0.15, 0.2) is 0 Å². The van der Waals surface area contributed by atoms with Gasteiger partial charge >= 0.3 is 0 Å². The number of hydrogen-bond donors (Lipinski definition) is 2. The first kappa shape index (κ1) is 15.0. The molecule has 1 amide bonds. The van der Waals surface area contributed by atoms with Gasteiger partial charge in [0.05, 0.1) is 17.9 Å². The molecule has 0 aliphatic heterocycles. The van der Waals surface area contributed by atoms with Gasteiger partial charge in [-0.25, -0.2) is 4.98 Å². The van der Waals surface area contributed by atoms with E-state index in [2.05, 4.69) is 47.7 Å². The standard InChI is InChI=1S/C17H21N3O/c1-11-7-12(2)9-14(8-11)13(3)20-17(21)16-6-5-15(18-4)10-19-16/h5-10,13,18H,1-4H3,(H,20,21). The maximum atomic E-state index is 12.2. The van der Waals surface area contributed by atoms with E-state index < -0.39 is 0 Å². The zero-order valence-electron chi connectivity index (χ0n) is 12.9. The lowest BCUT2D eigenvalue weighted by Gasteiger charge is -2.15. The van der Waals surface area contributed by atoms with Crippen LogP contribution in [0, 0.1) is 13.8 Å². The van der Waals surface area contributed by atoms with Gasteiger partial charge in [0, 0.05) is 7.05 Å². The number of anilines is 1. The highest BCUT2D eigenvalue weighted by Gasteiger charge is 2.13. The van der Waals surface area contributed by atoms with Gasteiger partial charge in [-0.3, -0.25) is 4.79 Å². The molecule has 110 valence electrons. The first-order valence-electron chi connectivity index (χ1n) is 7.02. The molecule has 21 heavy (non-hydrogen) atoms. The monoisotopic (exact) mass is 283 g/mol. The molecule has 0 aliphatic rings. The third kappa shape index (κ3) is 3.81. The number of carbonyl (C=O) groups is 1. The van der Waals surface area contributed by atoms with Crippen molar-refractivity contribution in [2.45, 2.75) is 26.8 Å². The summed E-state index contributed by atoms with van der Waals surface area (Å²) in [5, 5.41) is 5.96. The first-order valence-corrected chi connectivity index (χ1v) is 7.02. The molecule has 2 aromatic rings. The predicted molar refractivity (Wildman–Crippen MR) is 85.6 cm³/mol. The minimum absolute atomic E-state index is 0.0538. The number of amides is 1. The van der Waals surface area contributed by atoms with E-state index in [1.165, 1.54) is 11.1 Å². The molecule has 0 radical (unpaired) electrons. The number of aryl methyl sites for hydroxylation is 2. The number of benzene rings is 1. The molecule has 2 rings (SSSR count). The second-order valence-electron chi connectivity index (χ2n) is 5.30. The molecule has 0 aliphatic carbocycles. The zero-order valence-corrected chi connectivity index (χ0v) is 12.9. The van der Waals surface area contributed by atoms with Crippen LogP contribution < -0.4 is 10.6 Å². The summed E-state index contributed by atoms with van der Waals surface area (Å²) < 4.78 is 0. The minimum Gasteiger partial charge on any atom is -0.387 e. The van der Waals surface area contributed by atoms with E-state index in [1.54, 1.807) is 12.3 Å². The Balaban J connectivity index is 2.10. The first-order chi connectivity index (χ1) is 9.99. The predicted octanol–water partition coefficient (Wildman–Crippen LogP) is 3.23. The van der Waals surface area contributed by atoms with E-state index in [4.69, 9.17) is 0 Å². The summed E-state index contributed by atoms with van der Waals surface area (Å²) in [5.41, 5.74) is 4.80. The summed E-state index contributed by atoms with van der Waals surface area (Å²) >= 11 is 0. The third-order valence-electron chi connectivity index (χ3n) is 3.38. The molecule has 0 saturated heterocycles. The molecule has 1 heterocycles. The van der Waals surface area contributed by atoms with E-state index in [-0.39, 0.29) is 11.9 Å². The Morgan fingerprint density at radius 3 is 2.33 bits per heavy atom. The van der Waals surface area contributed by atoms with Crippen molar-refractivity contribution in [1.29, 1.82) is 0 Å². The third-order valence-corrected chi connectivity index (χ3v) is 3.38. The molecule has 1 aromatic heterocycles. The van der Waals surface area contributed by atoms with Crippen molar-refractivity contribution < 1.29 is 4.79 Å². The average molecular weight is 283 g/mol. The molecule has 0 bridgehead atoms. The summed E-state index contributed by atoms with van der Waals surface area (Å²) in [6.45, 7) is 6.10. The van der Waals surface area contributed by atoms with Crippen molar-refractivity contribution >= 4 is 11.6 Å². The lowest BCUT2D eigenvalue weighted by Crippen LogP contribution is -2.27. The number of hydrogen-bond acceptors (Lipinski definition) is 3. The van der Waals surface area contributed by atoms with Crippen LogP contribution >= 0.6 is 0 Å². The Morgan fingerprint density at radius 2 is 1.81 bits per heavy atom. The highest BCUT2D eigenvalue weighted by Crippen LogP contribution is 2.17. The Labute approximate surface area is 125 Å². The summed E-state index contributed by atoms with van der Waals surface area (Å²) in [7, 11) is 1.82. The Morgan fingerprint density at radius 1 is 1.14 bits per heavy atom. The van der Waals surface area contributed by atoms with Crippen LogP contribution in [-0.4, -0.2) is 17.9 Å². The fourth-order valence-electron chi connectivity index (χ4n) is 2.29. The van der Waals surface area contributed by atoms with E-state index in [0.29, 0.717) is 5.69 Å². The van der Waals surface area contributed by atoms with Crippen LogP contribution in [0.2, 0.25) is 0 Å². The van der Waals surface area contributed by atoms with Crippen LogP contribution in [0.4, 0.5) is 5.69 Å². The van der Waals surface area contributed by atoms with E-state index in [1.807, 2.05) is 20.0 Å². The smallest absolute Gasteiger partial charge is 0.270 e. The van der Waals surface area contributed by atoms with E-state index >= 15 is 0 Å². The van der Waals surface area contributed by atoms with Gasteiger partial charge < -0.3 is 10.6 Å². The molecule has 0 fully saturated rings. The van der Waals surface area contributed by atoms with Gasteiger partial charge in [0.1, 0.15) is 5.69 Å². The molecule has 2 N–H and O–H groups in total. The highest BCUT2D eigenvalue weighted by atomic mass is 16.1. The van der Waals surface area contributed by atoms with Gasteiger partial charge in [0.25, 0.3) is 5.91 Å². The van der Waals surface area contributed by atoms with Crippen molar-refractivity contribution in [3.8, 4) is 0 Å². The lowest BCUT2D eigenvalue weighted by atomic mass is 10.0. The second kappa shape index (κ2) is 6.39. The number of pyridine rings is 1. The number of nitrogens with one attached hydrogen (secondary N) is 2. The quantitative estimate of drug-likeness (QED) is 0.905. The number of nitrogens with zero attached hydrogens (tertiary/aromatic N) is 1. The molecule has 1 aromatic carbocycles. The molecule has 1 unspecified atom stereocenters. The van der Waals surface area contributed by atoms with Crippen LogP contribution in [-0.2, 0) is 0 Å². The van der Waals surface area contributed by atoms with E-state index in [0.717, 1.165) is 11.3 Å². The van der Waals surface area contributed by atoms with Crippen LogP contribution in [0.1, 0.15) is 40.1 Å². The average Bonchev–Trinajstić information content (AvgIpc) is 2.46. The number of carbonyl (C=O) groups excluding carboxylic acids is 1. The number of aromatic nitrogens is 1. The van der Waals surface area contributed by atoms with Crippen LogP contribution in [0.5, 0.6) is 0 Å². The normalized spacial score (nSPS) is 11.8. The second-order valence-corrected chi connectivity index (χ2v) is 5.30. The van der Waals surface area contributed by atoms with Crippen molar-refractivity contribution in [3.63, 3.8) is 0 Å². The summed E-state index contributed by atoms with van der Waals surface area (Å²) in [6, 6.07) is 9.81. The molecular weight excluding hydrogens is 262 g/mol. The molecule has 4 nitrogen and oxygen atoms in total. The van der Waals surface area contributed by atoms with Gasteiger partial charge in [-0.1, -0.05) is 29.3 Å². The Kier molecular flexibility index (Phi) is 4.58. The Hall–Kier alpha value is -2.36. The molecular formula is C17H21N3O. The van der Waals surface area contributed by atoms with Crippen LogP contribution in [0.3, 0.4) is 0 Å². The van der Waals surface area contributed by atoms with Crippen molar-refractivity contribution in [2.24, 2.45) is 0 Å². The minimum atomic E-state index is -0.163. The van der Waals surface area contributed by atoms with Gasteiger partial charge in [-0.05, 0) is 38.5 Å². The van der Waals surface area contributed by atoms with Crippen molar-refractivity contribution in [1.82, 2.24) is 10.3 Å². The van der Waals surface area contributed by atoms with Gasteiger partial charge in [0.2, 0.25) is 0 Å². The van der Waals surface area contributed by atoms with Crippen LogP contribution in [0.25, 0.3) is 0 Å². The summed E-state index contributed by atoms with van der Waals surface area (Å²) in [4.78, 5) is 16.4. The zero-order chi connectivity index (χ0) is 15.4. The topological polar surface area (TPSA) is 54.0 Å². The number of rotatable bonds is 4. The molecule has 1 atom stereocenters. The lowest BCUT2D eigenvalue weighted by molar-refractivity contribution is 0.0935. The molecule has 0 spiro atoms. The summed E-state index contributed by atoms with van der Waals surface area (Å²) in [6.07, 6.45) is 1.65. The SMILES string of the molecule is CNc1ccc(C(=O)NC(C)c2cc(C)cc(C)c2)nc1. The van der Waals surface area contributed by atoms with Crippen molar-refractivity contribution in [2.75, 3.05) is 12.4 Å². The van der Waals surface area contributed by atoms with Crippen LogP contribution in [0.15, 0.2) is 36.5 Å². The largest absolute Gasteiger partial charge is 0.387 e. The summed E-state index contributed by atoms with van der Waals surface area (Å²) in [5.74, 6) is -0.163. The highest BCUT2D eigenvalue weighted by molar-refractivity contribution is 5.92. The molecule has 4 heteroatoms. The van der Waals surface area contributed by atoms with Crippen molar-refractivity contribution in [3.05, 3.63) is 58.9 Å². The van der Waals surface area contributed by atoms with E-state index in [9.17, 15) is 4.79 Å². The van der Waals surface area contributed by atoms with Gasteiger partial charge in [-0.2, -0.15) is 0 Å². The fourth-order valence-corrected chi connectivity index (χ4v) is 2.29. The molecule has 0 saturated carbocycles. The fraction of sp³-hybridized carbons (Fsp3) is 0.294.